The van der Waals surface area contributed by atoms with Gasteiger partial charge in [-0.3, -0.25) is 4.68 Å². The molecule has 0 amide bonds. The number of ether oxygens (including phenoxy) is 1. The highest BCUT2D eigenvalue weighted by Gasteiger charge is 2.45. The number of hydrogen-bond donors (Lipinski definition) is 1. The number of anilines is 3. The van der Waals surface area contributed by atoms with Crippen LogP contribution >= 0.6 is 0 Å². The Hall–Kier alpha value is -3.16. The highest BCUT2D eigenvalue weighted by Crippen LogP contribution is 2.48. The van der Waals surface area contributed by atoms with Crippen molar-refractivity contribution in [3.8, 4) is 0 Å². The maximum Gasteiger partial charge on any atom is 0.411 e. The summed E-state index contributed by atoms with van der Waals surface area (Å²) in [7, 11) is 1.80. The molecule has 1 fully saturated rings. The van der Waals surface area contributed by atoms with E-state index >= 15 is 0 Å². The van der Waals surface area contributed by atoms with Gasteiger partial charge in [-0.25, -0.2) is 9.97 Å². The first kappa shape index (κ1) is 27.9. The average molecular weight is 546 g/mol. The molecule has 0 spiro atoms. The van der Waals surface area contributed by atoms with Crippen molar-refractivity contribution in [3.05, 3.63) is 29.6 Å². The van der Waals surface area contributed by atoms with Crippen LogP contribution in [0.1, 0.15) is 31.0 Å². The van der Waals surface area contributed by atoms with Gasteiger partial charge in [-0.1, -0.05) is 0 Å². The minimum Gasteiger partial charge on any atom is -0.370 e. The Balaban J connectivity index is 1.72. The standard InChI is InChI=1S/C24H29F6N7O/c1-4-36(3)22-33-19-17(11-15-10-16(15)12-23(25,26)27)35-37(7-8-38-13-24(28,29)30)20(19)21(34-22)32-18-9-14(2)5-6-31-18/h5-6,9,15-16H,4,7-8,10-13H2,1-3H3,(H,31,32,33,34)/t15-,16+/m0/s1. The van der Waals surface area contributed by atoms with E-state index in [2.05, 4.69) is 25.4 Å². The number of aromatic nitrogens is 5. The van der Waals surface area contributed by atoms with Crippen LogP contribution in [-0.2, 0) is 17.7 Å². The summed E-state index contributed by atoms with van der Waals surface area (Å²) in [5.74, 6) is 0.499. The SMILES string of the molecule is CCN(C)c1nc(Nc2cc(C)ccn2)c2c(n1)c(C[C@@H]1C[C@@H]1CC(F)(F)F)nn2CCOCC(F)(F)F. The number of nitrogens with zero attached hydrogens (tertiary/aromatic N) is 6. The molecule has 1 N–H and O–H groups in total. The van der Waals surface area contributed by atoms with E-state index < -0.39 is 31.3 Å². The van der Waals surface area contributed by atoms with E-state index in [1.54, 1.807) is 24.2 Å². The summed E-state index contributed by atoms with van der Waals surface area (Å²) < 4.78 is 82.6. The van der Waals surface area contributed by atoms with Gasteiger partial charge < -0.3 is 15.0 Å². The van der Waals surface area contributed by atoms with Crippen LogP contribution in [0.5, 0.6) is 0 Å². The van der Waals surface area contributed by atoms with E-state index in [1.807, 2.05) is 19.9 Å². The zero-order valence-corrected chi connectivity index (χ0v) is 21.2. The Morgan fingerprint density at radius 3 is 2.55 bits per heavy atom. The zero-order valence-electron chi connectivity index (χ0n) is 21.2. The van der Waals surface area contributed by atoms with Gasteiger partial charge in [-0.15, -0.1) is 0 Å². The van der Waals surface area contributed by atoms with E-state index in [0.29, 0.717) is 47.3 Å². The van der Waals surface area contributed by atoms with E-state index in [0.717, 1.165) is 5.56 Å². The molecule has 1 aliphatic rings. The Morgan fingerprint density at radius 1 is 1.13 bits per heavy atom. The monoisotopic (exact) mass is 545 g/mol. The molecular formula is C24H29F6N7O. The van der Waals surface area contributed by atoms with Crippen LogP contribution in [0.2, 0.25) is 0 Å². The van der Waals surface area contributed by atoms with Gasteiger partial charge in [0.15, 0.2) is 5.82 Å². The molecule has 4 rings (SSSR count). The molecule has 1 aliphatic carbocycles. The van der Waals surface area contributed by atoms with Gasteiger partial charge in [0.2, 0.25) is 5.95 Å². The van der Waals surface area contributed by atoms with Crippen LogP contribution in [0, 0.1) is 18.8 Å². The molecule has 3 aromatic heterocycles. The lowest BCUT2D eigenvalue weighted by Crippen LogP contribution is -2.20. The number of halogens is 6. The van der Waals surface area contributed by atoms with Crippen molar-refractivity contribution in [1.82, 2.24) is 24.7 Å². The van der Waals surface area contributed by atoms with Crippen molar-refractivity contribution in [3.63, 3.8) is 0 Å². The molecule has 0 bridgehead atoms. The van der Waals surface area contributed by atoms with Crippen LogP contribution < -0.4 is 10.2 Å². The first-order valence-corrected chi connectivity index (χ1v) is 12.2. The van der Waals surface area contributed by atoms with E-state index in [4.69, 9.17) is 4.74 Å². The maximum absolute atomic E-state index is 12.9. The lowest BCUT2D eigenvalue weighted by Gasteiger charge is -2.17. The minimum absolute atomic E-state index is 0.0362. The van der Waals surface area contributed by atoms with Gasteiger partial charge in [0.05, 0.1) is 18.8 Å². The van der Waals surface area contributed by atoms with Gasteiger partial charge >= 0.3 is 12.4 Å². The van der Waals surface area contributed by atoms with Crippen molar-refractivity contribution in [2.24, 2.45) is 11.8 Å². The Kier molecular flexibility index (Phi) is 8.00. The molecule has 0 aromatic carbocycles. The largest absolute Gasteiger partial charge is 0.411 e. The summed E-state index contributed by atoms with van der Waals surface area (Å²) in [6.45, 7) is 2.67. The highest BCUT2D eigenvalue weighted by molar-refractivity contribution is 5.90. The molecule has 2 atom stereocenters. The molecule has 38 heavy (non-hydrogen) atoms. The molecule has 0 radical (unpaired) electrons. The second-order valence-electron chi connectivity index (χ2n) is 9.54. The van der Waals surface area contributed by atoms with E-state index in [9.17, 15) is 26.3 Å². The predicted octanol–water partition coefficient (Wildman–Crippen LogP) is 5.44. The van der Waals surface area contributed by atoms with Crippen molar-refractivity contribution < 1.29 is 31.1 Å². The van der Waals surface area contributed by atoms with E-state index in [-0.39, 0.29) is 25.5 Å². The fourth-order valence-electron chi connectivity index (χ4n) is 4.25. The zero-order chi connectivity index (χ0) is 27.7. The summed E-state index contributed by atoms with van der Waals surface area (Å²) in [5.41, 5.74) is 2.26. The number of fused-ring (bicyclic) bond motifs is 1. The number of aryl methyl sites for hydroxylation is 1. The van der Waals surface area contributed by atoms with Crippen molar-refractivity contribution in [1.29, 1.82) is 0 Å². The van der Waals surface area contributed by atoms with Crippen LogP contribution in [0.3, 0.4) is 0 Å². The summed E-state index contributed by atoms with van der Waals surface area (Å²) >= 11 is 0. The third-order valence-corrected chi connectivity index (χ3v) is 6.35. The Morgan fingerprint density at radius 2 is 1.89 bits per heavy atom. The molecule has 3 heterocycles. The first-order valence-electron chi connectivity index (χ1n) is 12.2. The summed E-state index contributed by atoms with van der Waals surface area (Å²) in [4.78, 5) is 15.4. The minimum atomic E-state index is -4.47. The Bertz CT molecular complexity index is 1260. The number of rotatable bonds is 11. The molecule has 0 unspecified atom stereocenters. The van der Waals surface area contributed by atoms with E-state index in [1.165, 1.54) is 4.68 Å². The van der Waals surface area contributed by atoms with Crippen LogP contribution in [0.25, 0.3) is 11.0 Å². The molecular weight excluding hydrogens is 516 g/mol. The third kappa shape index (κ3) is 7.23. The van der Waals surface area contributed by atoms with Gasteiger partial charge in [-0.05, 0) is 56.2 Å². The molecule has 14 heteroatoms. The lowest BCUT2D eigenvalue weighted by atomic mass is 10.1. The molecule has 0 saturated heterocycles. The normalized spacial score (nSPS) is 17.7. The fourth-order valence-corrected chi connectivity index (χ4v) is 4.25. The van der Waals surface area contributed by atoms with Crippen molar-refractivity contribution >= 4 is 28.6 Å². The summed E-state index contributed by atoms with van der Waals surface area (Å²) in [5, 5.41) is 7.74. The summed E-state index contributed by atoms with van der Waals surface area (Å²) in [6, 6.07) is 3.63. The summed E-state index contributed by atoms with van der Waals surface area (Å²) in [6.07, 6.45) is -7.25. The second kappa shape index (κ2) is 10.9. The predicted molar refractivity (Wildman–Crippen MR) is 129 cm³/mol. The lowest BCUT2D eigenvalue weighted by molar-refractivity contribution is -0.174. The average Bonchev–Trinajstić information content (AvgIpc) is 3.42. The number of alkyl halides is 6. The molecule has 3 aromatic rings. The molecule has 208 valence electrons. The van der Waals surface area contributed by atoms with Gasteiger partial charge in [0.1, 0.15) is 23.5 Å². The molecule has 1 saturated carbocycles. The quantitative estimate of drug-likeness (QED) is 0.254. The first-order chi connectivity index (χ1) is 17.8. The number of pyridine rings is 1. The van der Waals surface area contributed by atoms with Crippen molar-refractivity contribution in [2.75, 3.05) is 37.0 Å². The van der Waals surface area contributed by atoms with Crippen LogP contribution in [0.4, 0.5) is 43.9 Å². The molecule has 8 nitrogen and oxygen atoms in total. The van der Waals surface area contributed by atoms with Gasteiger partial charge in [-0.2, -0.15) is 36.4 Å². The second-order valence-corrected chi connectivity index (χ2v) is 9.54. The number of hydrogen-bond acceptors (Lipinski definition) is 7. The maximum atomic E-state index is 12.9. The Labute approximate surface area is 215 Å². The van der Waals surface area contributed by atoms with Crippen LogP contribution in [0.15, 0.2) is 18.3 Å². The topological polar surface area (TPSA) is 81.0 Å². The smallest absolute Gasteiger partial charge is 0.370 e. The highest BCUT2D eigenvalue weighted by atomic mass is 19.4. The molecule has 0 aliphatic heterocycles. The van der Waals surface area contributed by atoms with Gasteiger partial charge in [0.25, 0.3) is 0 Å². The number of nitrogens with one attached hydrogen (secondary N) is 1. The third-order valence-electron chi connectivity index (χ3n) is 6.35. The van der Waals surface area contributed by atoms with Crippen LogP contribution in [-0.4, -0.2) is 63.9 Å². The van der Waals surface area contributed by atoms with Crippen molar-refractivity contribution in [2.45, 2.75) is 52.0 Å². The fraction of sp³-hybridized carbons (Fsp3) is 0.583. The van der Waals surface area contributed by atoms with Gasteiger partial charge in [0, 0.05) is 26.2 Å².